The molecule has 0 saturated carbocycles. The van der Waals surface area contributed by atoms with Gasteiger partial charge < -0.3 is 25.2 Å². The molecule has 3 N–H and O–H groups in total. The predicted molar refractivity (Wildman–Crippen MR) is 75.0 cm³/mol. The van der Waals surface area contributed by atoms with E-state index >= 15 is 0 Å². The van der Waals surface area contributed by atoms with Crippen molar-refractivity contribution in [2.45, 2.75) is 18.9 Å². The average molecular weight is 280 g/mol. The van der Waals surface area contributed by atoms with Crippen LogP contribution in [0.15, 0.2) is 24.3 Å². The Morgan fingerprint density at radius 2 is 2.30 bits per heavy atom. The molecule has 0 aliphatic carbocycles. The first-order valence-electron chi connectivity index (χ1n) is 6.70. The van der Waals surface area contributed by atoms with Gasteiger partial charge in [-0.25, -0.2) is 4.79 Å². The first-order valence-corrected chi connectivity index (χ1v) is 6.70. The summed E-state index contributed by atoms with van der Waals surface area (Å²) >= 11 is 0. The lowest BCUT2D eigenvalue weighted by atomic mass is 10.0. The second-order valence-corrected chi connectivity index (χ2v) is 4.76. The quantitative estimate of drug-likeness (QED) is 0.761. The van der Waals surface area contributed by atoms with Crippen molar-refractivity contribution in [3.8, 4) is 5.75 Å². The molecule has 1 aromatic carbocycles. The maximum atomic E-state index is 11.8. The van der Waals surface area contributed by atoms with E-state index in [9.17, 15) is 9.90 Å². The number of benzene rings is 1. The fraction of sp³-hybridized carbons (Fsp3) is 0.500. The van der Waals surface area contributed by atoms with Gasteiger partial charge in [0, 0.05) is 13.0 Å². The third kappa shape index (κ3) is 3.85. The van der Waals surface area contributed by atoms with Crippen molar-refractivity contribution in [3.63, 3.8) is 0 Å². The van der Waals surface area contributed by atoms with Crippen LogP contribution in [-0.4, -0.2) is 43.1 Å². The van der Waals surface area contributed by atoms with E-state index in [0.29, 0.717) is 31.1 Å². The number of rotatable bonds is 5. The number of anilines is 1. The molecular weight excluding hydrogens is 260 g/mol. The molecular formula is C14H20N2O4. The summed E-state index contributed by atoms with van der Waals surface area (Å²) in [5.41, 5.74) is -0.363. The highest BCUT2D eigenvalue weighted by Crippen LogP contribution is 2.23. The van der Waals surface area contributed by atoms with Crippen LogP contribution in [0.4, 0.5) is 10.5 Å². The summed E-state index contributed by atoms with van der Waals surface area (Å²) in [7, 11) is 0. The van der Waals surface area contributed by atoms with E-state index < -0.39 is 5.60 Å². The fourth-order valence-electron chi connectivity index (χ4n) is 2.00. The smallest absolute Gasteiger partial charge is 0.319 e. The Hall–Kier alpha value is -1.79. The molecule has 20 heavy (non-hydrogen) atoms. The van der Waals surface area contributed by atoms with Crippen LogP contribution in [0.25, 0.3) is 0 Å². The minimum atomic E-state index is -0.962. The number of hydrogen-bond donors (Lipinski definition) is 3. The Kier molecular flexibility index (Phi) is 4.81. The molecule has 0 radical (unpaired) electrons. The zero-order valence-electron chi connectivity index (χ0n) is 11.5. The molecule has 1 aliphatic heterocycles. The summed E-state index contributed by atoms with van der Waals surface area (Å²) in [5, 5.41) is 15.4. The lowest BCUT2D eigenvalue weighted by Gasteiger charge is -2.21. The monoisotopic (exact) mass is 280 g/mol. The summed E-state index contributed by atoms with van der Waals surface area (Å²) in [6.07, 6.45) is 0.531. The maximum Gasteiger partial charge on any atom is 0.319 e. The largest absolute Gasteiger partial charge is 0.492 e. The van der Waals surface area contributed by atoms with Crippen molar-refractivity contribution in [3.05, 3.63) is 24.3 Å². The van der Waals surface area contributed by atoms with Crippen LogP contribution < -0.4 is 15.4 Å². The molecule has 1 heterocycles. The number of amides is 2. The van der Waals surface area contributed by atoms with Crippen molar-refractivity contribution in [1.82, 2.24) is 5.32 Å². The van der Waals surface area contributed by atoms with Gasteiger partial charge in [0.05, 0.1) is 25.4 Å². The van der Waals surface area contributed by atoms with Gasteiger partial charge in [-0.3, -0.25) is 0 Å². The summed E-state index contributed by atoms with van der Waals surface area (Å²) in [5.74, 6) is 0.619. The molecule has 1 fully saturated rings. The van der Waals surface area contributed by atoms with Crippen LogP contribution in [0.5, 0.6) is 5.75 Å². The molecule has 1 saturated heterocycles. The minimum absolute atomic E-state index is 0.162. The van der Waals surface area contributed by atoms with Gasteiger partial charge in [-0.05, 0) is 19.1 Å². The molecule has 0 aromatic heterocycles. The average Bonchev–Trinajstić information content (AvgIpc) is 2.87. The first kappa shape index (κ1) is 14.6. The van der Waals surface area contributed by atoms with Gasteiger partial charge in [0.25, 0.3) is 0 Å². The Bertz CT molecular complexity index is 458. The van der Waals surface area contributed by atoms with E-state index in [1.54, 1.807) is 12.1 Å². The molecule has 0 spiro atoms. The number of ether oxygens (including phenoxy) is 2. The number of nitrogens with one attached hydrogen (secondary N) is 2. The van der Waals surface area contributed by atoms with Gasteiger partial charge in [0.15, 0.2) is 0 Å². The number of hydrogen-bond acceptors (Lipinski definition) is 4. The van der Waals surface area contributed by atoms with Gasteiger partial charge in [-0.2, -0.15) is 0 Å². The van der Waals surface area contributed by atoms with E-state index in [4.69, 9.17) is 9.47 Å². The number of aliphatic hydroxyl groups is 1. The molecule has 6 nitrogen and oxygen atoms in total. The van der Waals surface area contributed by atoms with E-state index in [1.807, 2.05) is 19.1 Å². The molecule has 2 rings (SSSR count). The van der Waals surface area contributed by atoms with Crippen LogP contribution in [0.3, 0.4) is 0 Å². The molecule has 0 bridgehead atoms. The van der Waals surface area contributed by atoms with Gasteiger partial charge in [-0.1, -0.05) is 12.1 Å². The van der Waals surface area contributed by atoms with Gasteiger partial charge in [0.2, 0.25) is 0 Å². The summed E-state index contributed by atoms with van der Waals surface area (Å²) < 4.78 is 10.5. The minimum Gasteiger partial charge on any atom is -0.492 e. The van der Waals surface area contributed by atoms with Crippen LogP contribution in [0.1, 0.15) is 13.3 Å². The lowest BCUT2D eigenvalue weighted by Crippen LogP contribution is -2.44. The Labute approximate surface area is 118 Å². The van der Waals surface area contributed by atoms with Gasteiger partial charge in [0.1, 0.15) is 11.4 Å². The number of carbonyl (C=O) groups excluding carboxylic acids is 1. The third-order valence-corrected chi connectivity index (χ3v) is 3.10. The maximum absolute atomic E-state index is 11.8. The SMILES string of the molecule is CCOc1ccccc1NC(=O)NC[C@]1(O)CCOC1. The second kappa shape index (κ2) is 6.58. The van der Waals surface area contributed by atoms with Gasteiger partial charge in [-0.15, -0.1) is 0 Å². The fourth-order valence-corrected chi connectivity index (χ4v) is 2.00. The number of urea groups is 1. The molecule has 1 aromatic rings. The Morgan fingerprint density at radius 1 is 1.50 bits per heavy atom. The van der Waals surface area contributed by atoms with Crippen molar-refractivity contribution in [1.29, 1.82) is 0 Å². The third-order valence-electron chi connectivity index (χ3n) is 3.10. The second-order valence-electron chi connectivity index (χ2n) is 4.76. The van der Waals surface area contributed by atoms with Crippen molar-refractivity contribution >= 4 is 11.7 Å². The highest BCUT2D eigenvalue weighted by molar-refractivity contribution is 5.90. The van der Waals surface area contributed by atoms with Crippen molar-refractivity contribution in [2.24, 2.45) is 0 Å². The molecule has 2 amide bonds. The number of para-hydroxylation sites is 2. The van der Waals surface area contributed by atoms with Crippen LogP contribution in [-0.2, 0) is 4.74 Å². The zero-order valence-corrected chi connectivity index (χ0v) is 11.5. The topological polar surface area (TPSA) is 79.8 Å². The highest BCUT2D eigenvalue weighted by Gasteiger charge is 2.32. The summed E-state index contributed by atoms with van der Waals surface area (Å²) in [6, 6.07) is 6.83. The highest BCUT2D eigenvalue weighted by atomic mass is 16.5. The Balaban J connectivity index is 1.88. The summed E-state index contributed by atoms with van der Waals surface area (Å²) in [4.78, 5) is 11.8. The summed E-state index contributed by atoms with van der Waals surface area (Å²) in [6.45, 7) is 3.34. The van der Waals surface area contributed by atoms with E-state index in [2.05, 4.69) is 10.6 Å². The van der Waals surface area contributed by atoms with Crippen LogP contribution in [0, 0.1) is 0 Å². The molecule has 6 heteroatoms. The predicted octanol–water partition coefficient (Wildman–Crippen LogP) is 1.36. The molecule has 1 aliphatic rings. The van der Waals surface area contributed by atoms with E-state index in [1.165, 1.54) is 0 Å². The van der Waals surface area contributed by atoms with E-state index in [-0.39, 0.29) is 19.2 Å². The van der Waals surface area contributed by atoms with Crippen LogP contribution in [0.2, 0.25) is 0 Å². The standard InChI is InChI=1S/C14H20N2O4/c1-2-20-12-6-4-3-5-11(12)16-13(17)15-9-14(18)7-8-19-10-14/h3-6,18H,2,7-10H2,1H3,(H2,15,16,17)/t14-/m1/s1. The van der Waals surface area contributed by atoms with Crippen molar-refractivity contribution < 1.29 is 19.4 Å². The molecule has 110 valence electrons. The Morgan fingerprint density at radius 3 is 3.00 bits per heavy atom. The lowest BCUT2D eigenvalue weighted by molar-refractivity contribution is 0.0295. The van der Waals surface area contributed by atoms with Crippen LogP contribution >= 0.6 is 0 Å². The first-order chi connectivity index (χ1) is 9.63. The van der Waals surface area contributed by atoms with Gasteiger partial charge >= 0.3 is 6.03 Å². The molecule has 1 atom stereocenters. The van der Waals surface area contributed by atoms with E-state index in [0.717, 1.165) is 0 Å². The van der Waals surface area contributed by atoms with Crippen molar-refractivity contribution in [2.75, 3.05) is 31.7 Å². The molecule has 0 unspecified atom stereocenters. The zero-order chi connectivity index (χ0) is 14.4. The normalized spacial score (nSPS) is 21.5. The number of carbonyl (C=O) groups is 1.